The molecule has 0 radical (unpaired) electrons. The number of allylic oxidation sites excluding steroid dienone is 1. The molecule has 118 valence electrons. The maximum Gasteiger partial charge on any atom is 0.170 e. The van der Waals surface area contributed by atoms with E-state index >= 15 is 0 Å². The van der Waals surface area contributed by atoms with Gasteiger partial charge in [0.05, 0.1) is 0 Å². The first-order chi connectivity index (χ1) is 10.5. The number of anilines is 1. The van der Waals surface area contributed by atoms with Crippen LogP contribution in [-0.4, -0.2) is 30.1 Å². The molecule has 2 atom stereocenters. The quantitative estimate of drug-likeness (QED) is 0.815. The number of rotatable bonds is 2. The van der Waals surface area contributed by atoms with E-state index < -0.39 is 0 Å². The number of fused-ring (bicyclic) bond motifs is 1. The molecule has 1 aliphatic carbocycles. The minimum absolute atomic E-state index is 0.642. The highest BCUT2D eigenvalue weighted by molar-refractivity contribution is 7.80. The van der Waals surface area contributed by atoms with Crippen molar-refractivity contribution < 1.29 is 0 Å². The van der Waals surface area contributed by atoms with E-state index in [9.17, 15) is 0 Å². The van der Waals surface area contributed by atoms with Gasteiger partial charge in [-0.05, 0) is 61.8 Å². The van der Waals surface area contributed by atoms with E-state index in [0.717, 1.165) is 17.6 Å². The molecule has 3 nitrogen and oxygen atoms in total. The van der Waals surface area contributed by atoms with Crippen molar-refractivity contribution in [3.8, 4) is 0 Å². The van der Waals surface area contributed by atoms with Gasteiger partial charge in [0, 0.05) is 37.4 Å². The monoisotopic (exact) mass is 315 g/mol. The zero-order valence-corrected chi connectivity index (χ0v) is 14.6. The first-order valence-corrected chi connectivity index (χ1v) is 8.00. The number of nitrogens with one attached hydrogen (secondary N) is 2. The maximum atomic E-state index is 4.99. The number of thiocarbonyl (C=S) groups is 1. The Morgan fingerprint density at radius 2 is 2.09 bits per heavy atom. The summed E-state index contributed by atoms with van der Waals surface area (Å²) >= 11 is 4.99. The van der Waals surface area contributed by atoms with Gasteiger partial charge in [-0.3, -0.25) is 0 Å². The fourth-order valence-electron chi connectivity index (χ4n) is 2.58. The van der Waals surface area contributed by atoms with Gasteiger partial charge in [-0.25, -0.2) is 0 Å². The molecule has 0 saturated heterocycles. The van der Waals surface area contributed by atoms with Crippen LogP contribution in [0.2, 0.25) is 0 Å². The summed E-state index contributed by atoms with van der Waals surface area (Å²) in [6, 6.07) is 7.01. The summed E-state index contributed by atoms with van der Waals surface area (Å²) in [5.74, 6) is 0.864. The van der Waals surface area contributed by atoms with E-state index in [1.807, 2.05) is 12.1 Å². The zero-order valence-electron chi connectivity index (χ0n) is 13.8. The molecule has 1 saturated carbocycles. The third-order valence-electron chi connectivity index (χ3n) is 4.30. The van der Waals surface area contributed by atoms with Crippen molar-refractivity contribution in [2.75, 3.05) is 19.4 Å². The van der Waals surface area contributed by atoms with Crippen molar-refractivity contribution >= 4 is 23.0 Å². The number of hydrogen-bond donors (Lipinski definition) is 2. The van der Waals surface area contributed by atoms with E-state index in [0.29, 0.717) is 5.11 Å². The van der Waals surface area contributed by atoms with Crippen molar-refractivity contribution in [1.29, 1.82) is 0 Å². The second-order valence-electron chi connectivity index (χ2n) is 5.88. The average Bonchev–Trinajstić information content (AvgIpc) is 3.21. The van der Waals surface area contributed by atoms with Crippen LogP contribution < -0.4 is 10.6 Å². The molecule has 2 unspecified atom stereocenters. The zero-order chi connectivity index (χ0) is 16.3. The Labute approximate surface area is 139 Å². The van der Waals surface area contributed by atoms with Crippen molar-refractivity contribution in [2.45, 2.75) is 26.3 Å². The number of aryl methyl sites for hydroxylation is 2. The smallest absolute Gasteiger partial charge is 0.170 e. The van der Waals surface area contributed by atoms with Gasteiger partial charge in [0.25, 0.3) is 0 Å². The lowest BCUT2D eigenvalue weighted by molar-refractivity contribution is 0.433. The van der Waals surface area contributed by atoms with E-state index in [-0.39, 0.29) is 0 Å². The third-order valence-corrected chi connectivity index (χ3v) is 4.60. The Hall–Kier alpha value is -1.81. The molecular formula is C18H25N3S. The Morgan fingerprint density at radius 3 is 2.55 bits per heavy atom. The predicted molar refractivity (Wildman–Crippen MR) is 99.1 cm³/mol. The Balaban J connectivity index is 0.000000170. The molecule has 2 aliphatic rings. The summed E-state index contributed by atoms with van der Waals surface area (Å²) in [7, 11) is 3.95. The second-order valence-corrected chi connectivity index (χ2v) is 6.28. The number of nitrogens with zero attached hydrogens (tertiary/aromatic N) is 1. The van der Waals surface area contributed by atoms with Gasteiger partial charge in [-0.2, -0.15) is 0 Å². The standard InChI is InChI=1S/C10H14N2S.C8H11N/c1-7-4-5-9(6-8(7)2)12-10(13)11-3;1-3-7-4-6-5-8(6)9(7)2/h4-6H,1-3H3,(H2,11,12,13);3-4,6,8H,1,5H2,2H3. The molecule has 1 aromatic carbocycles. The summed E-state index contributed by atoms with van der Waals surface area (Å²) in [6.07, 6.45) is 5.62. The molecule has 0 aromatic heterocycles. The van der Waals surface area contributed by atoms with Gasteiger partial charge in [0.2, 0.25) is 0 Å². The Morgan fingerprint density at radius 1 is 1.36 bits per heavy atom. The van der Waals surface area contributed by atoms with Crippen molar-refractivity contribution in [3.63, 3.8) is 0 Å². The average molecular weight is 315 g/mol. The minimum atomic E-state index is 0.642. The summed E-state index contributed by atoms with van der Waals surface area (Å²) in [5.41, 5.74) is 4.91. The normalized spacial score (nSPS) is 21.1. The molecule has 0 amide bonds. The van der Waals surface area contributed by atoms with Gasteiger partial charge in [0.15, 0.2) is 5.11 Å². The number of hydrogen-bond acceptors (Lipinski definition) is 2. The van der Waals surface area contributed by atoms with Gasteiger partial charge < -0.3 is 15.5 Å². The van der Waals surface area contributed by atoms with Crippen LogP contribution >= 0.6 is 12.2 Å². The Kier molecular flexibility index (Phi) is 5.24. The first kappa shape index (κ1) is 16.6. The van der Waals surface area contributed by atoms with Crippen LogP contribution in [0.4, 0.5) is 5.69 Å². The fourth-order valence-corrected chi connectivity index (χ4v) is 2.70. The number of likely N-dealkylation sites (N-methyl/N-ethyl adjacent to an activating group) is 1. The van der Waals surface area contributed by atoms with Crippen LogP contribution in [0, 0.1) is 19.8 Å². The molecule has 0 bridgehead atoms. The lowest BCUT2D eigenvalue weighted by Gasteiger charge is -2.14. The molecule has 22 heavy (non-hydrogen) atoms. The fraction of sp³-hybridized carbons (Fsp3) is 0.389. The van der Waals surface area contributed by atoms with E-state index in [2.05, 4.69) is 61.2 Å². The van der Waals surface area contributed by atoms with Crippen LogP contribution in [0.3, 0.4) is 0 Å². The lowest BCUT2D eigenvalue weighted by atomic mass is 10.1. The molecule has 4 heteroatoms. The molecule has 2 N–H and O–H groups in total. The van der Waals surface area contributed by atoms with Crippen molar-refractivity contribution in [2.24, 2.45) is 5.92 Å². The summed E-state index contributed by atoms with van der Waals surface area (Å²) in [5, 5.41) is 6.59. The summed E-state index contributed by atoms with van der Waals surface area (Å²) in [4.78, 5) is 2.32. The largest absolute Gasteiger partial charge is 0.371 e. The SMILES string of the molecule is C=CC1=CC2CC2N1C.CNC(=S)Nc1ccc(C)c(C)c1. The molecule has 1 aromatic rings. The van der Waals surface area contributed by atoms with Crippen molar-refractivity contribution in [3.05, 3.63) is 53.8 Å². The topological polar surface area (TPSA) is 27.3 Å². The van der Waals surface area contributed by atoms with Gasteiger partial charge in [0.1, 0.15) is 0 Å². The van der Waals surface area contributed by atoms with Crippen LogP contribution in [0.25, 0.3) is 0 Å². The van der Waals surface area contributed by atoms with Crippen LogP contribution in [0.1, 0.15) is 17.5 Å². The van der Waals surface area contributed by atoms with Crippen LogP contribution in [-0.2, 0) is 0 Å². The summed E-state index contributed by atoms with van der Waals surface area (Å²) in [6.45, 7) is 7.92. The summed E-state index contributed by atoms with van der Waals surface area (Å²) < 4.78 is 0. The van der Waals surface area contributed by atoms with Crippen LogP contribution in [0.5, 0.6) is 0 Å². The highest BCUT2D eigenvalue weighted by Gasteiger charge is 2.43. The van der Waals surface area contributed by atoms with Gasteiger partial charge in [-0.15, -0.1) is 0 Å². The second kappa shape index (κ2) is 6.97. The molecule has 1 aliphatic heterocycles. The molecular weight excluding hydrogens is 290 g/mol. The van der Waals surface area contributed by atoms with Gasteiger partial charge >= 0.3 is 0 Å². The van der Waals surface area contributed by atoms with E-state index in [4.69, 9.17) is 12.2 Å². The van der Waals surface area contributed by atoms with E-state index in [1.54, 1.807) is 7.05 Å². The van der Waals surface area contributed by atoms with Crippen molar-refractivity contribution in [1.82, 2.24) is 10.2 Å². The minimum Gasteiger partial charge on any atom is -0.371 e. The van der Waals surface area contributed by atoms with Gasteiger partial charge in [-0.1, -0.05) is 18.7 Å². The number of benzene rings is 1. The lowest BCUT2D eigenvalue weighted by Crippen LogP contribution is -2.24. The predicted octanol–water partition coefficient (Wildman–Crippen LogP) is 3.61. The molecule has 3 rings (SSSR count). The first-order valence-electron chi connectivity index (χ1n) is 7.59. The highest BCUT2D eigenvalue weighted by Crippen LogP contribution is 2.44. The molecule has 1 heterocycles. The molecule has 1 fully saturated rings. The third kappa shape index (κ3) is 3.89. The van der Waals surface area contributed by atoms with E-state index in [1.165, 1.54) is 23.2 Å². The van der Waals surface area contributed by atoms with Crippen LogP contribution in [0.15, 0.2) is 42.6 Å². The maximum absolute atomic E-state index is 4.99. The molecule has 0 spiro atoms. The Bertz CT molecular complexity index is 606. The highest BCUT2D eigenvalue weighted by atomic mass is 32.1.